The summed E-state index contributed by atoms with van der Waals surface area (Å²) >= 11 is 0. The zero-order valence-corrected chi connectivity index (χ0v) is 10.6. The first-order valence-corrected chi connectivity index (χ1v) is 6.09. The second-order valence-electron chi connectivity index (χ2n) is 6.61. The molecule has 0 spiro atoms. The maximum absolute atomic E-state index is 11.7. The molecule has 4 nitrogen and oxygen atoms in total. The monoisotopic (exact) mass is 227 g/mol. The lowest BCUT2D eigenvalue weighted by molar-refractivity contribution is -0.517. The van der Waals surface area contributed by atoms with Gasteiger partial charge in [0.15, 0.2) is 0 Å². The summed E-state index contributed by atoms with van der Waals surface area (Å²) in [5.41, 5.74) is 4.03. The number of rotatable bonds is 1. The van der Waals surface area contributed by atoms with Crippen LogP contribution in [0, 0.1) is 0 Å². The summed E-state index contributed by atoms with van der Waals surface area (Å²) in [5, 5.41) is 3.04. The zero-order valence-electron chi connectivity index (χ0n) is 10.6. The van der Waals surface area contributed by atoms with Gasteiger partial charge in [0.2, 0.25) is 0 Å². The maximum atomic E-state index is 11.7. The molecule has 0 aromatic heterocycles. The Labute approximate surface area is 96.9 Å². The molecule has 92 valence electrons. The van der Waals surface area contributed by atoms with Crippen LogP contribution in [0.3, 0.4) is 0 Å². The molecule has 0 atom stereocenters. The van der Waals surface area contributed by atoms with Crippen LogP contribution in [0.15, 0.2) is 0 Å². The first-order valence-electron chi connectivity index (χ1n) is 6.09. The quantitative estimate of drug-likeness (QED) is 0.707. The van der Waals surface area contributed by atoms with Gasteiger partial charge in [-0.3, -0.25) is 0 Å². The Balaban J connectivity index is 1.89. The molecule has 2 bridgehead atoms. The number of hydrogen-bond donors (Lipinski definition) is 2. The van der Waals surface area contributed by atoms with Crippen molar-refractivity contribution < 1.29 is 15.3 Å². The summed E-state index contributed by atoms with van der Waals surface area (Å²) in [6, 6.07) is 0. The van der Waals surface area contributed by atoms with E-state index in [0.29, 0.717) is 0 Å². The Morgan fingerprint density at radius 3 is 2.44 bits per heavy atom. The number of amides is 1. The van der Waals surface area contributed by atoms with E-state index in [1.807, 2.05) is 20.8 Å². The van der Waals surface area contributed by atoms with Crippen LogP contribution in [0.4, 0.5) is 4.79 Å². The number of alkyl carbamates (subject to hydrolysis) is 1. The van der Waals surface area contributed by atoms with Gasteiger partial charge < -0.3 is 15.8 Å². The molecule has 4 heteroatoms. The summed E-state index contributed by atoms with van der Waals surface area (Å²) in [5.74, 6) is 0. The molecule has 1 amide bonds. The second kappa shape index (κ2) is 3.36. The third-order valence-corrected chi connectivity index (χ3v) is 3.56. The van der Waals surface area contributed by atoms with Crippen molar-refractivity contribution in [2.45, 2.75) is 69.6 Å². The molecule has 3 saturated carbocycles. The number of carbonyl (C=O) groups is 1. The molecule has 0 heterocycles. The third kappa shape index (κ3) is 2.32. The molecule has 3 fully saturated rings. The molecule has 4 N–H and O–H groups in total. The molecule has 0 aliphatic heterocycles. The lowest BCUT2D eigenvalue weighted by atomic mass is 9.55. The molecular weight excluding hydrogens is 204 g/mol. The van der Waals surface area contributed by atoms with Crippen LogP contribution in [0.5, 0.6) is 0 Å². The number of ether oxygens (including phenoxy) is 1. The molecule has 3 aliphatic rings. The summed E-state index contributed by atoms with van der Waals surface area (Å²) in [6.07, 6.45) is 5.18. The van der Waals surface area contributed by atoms with E-state index >= 15 is 0 Å². The van der Waals surface area contributed by atoms with Crippen molar-refractivity contribution in [1.29, 1.82) is 0 Å². The summed E-state index contributed by atoms with van der Waals surface area (Å²) in [7, 11) is 0. The lowest BCUT2D eigenvalue weighted by Crippen LogP contribution is -2.86. The van der Waals surface area contributed by atoms with E-state index in [-0.39, 0.29) is 17.2 Å². The van der Waals surface area contributed by atoms with E-state index in [1.54, 1.807) is 0 Å². The van der Waals surface area contributed by atoms with Crippen molar-refractivity contribution in [1.82, 2.24) is 5.32 Å². The van der Waals surface area contributed by atoms with Crippen molar-refractivity contribution >= 4 is 6.09 Å². The van der Waals surface area contributed by atoms with E-state index in [9.17, 15) is 4.79 Å². The normalized spacial score (nSPS) is 37.5. The summed E-state index contributed by atoms with van der Waals surface area (Å²) in [4.78, 5) is 11.7. The van der Waals surface area contributed by atoms with Gasteiger partial charge in [0.25, 0.3) is 0 Å². The molecule has 16 heavy (non-hydrogen) atoms. The fourth-order valence-corrected chi connectivity index (χ4v) is 3.21. The van der Waals surface area contributed by atoms with Crippen LogP contribution in [0.25, 0.3) is 0 Å². The van der Waals surface area contributed by atoms with Crippen LogP contribution in [0.2, 0.25) is 0 Å². The number of fused-ring (bicyclic) bond motifs is 2. The number of hydrogen-bond acceptors (Lipinski definition) is 2. The zero-order chi connectivity index (χ0) is 12.0. The smallest absolute Gasteiger partial charge is 0.408 e. The van der Waals surface area contributed by atoms with Crippen LogP contribution in [-0.2, 0) is 4.74 Å². The Morgan fingerprint density at radius 2 is 1.94 bits per heavy atom. The van der Waals surface area contributed by atoms with Gasteiger partial charge in [-0.15, -0.1) is 0 Å². The first-order chi connectivity index (χ1) is 7.22. The summed E-state index contributed by atoms with van der Waals surface area (Å²) < 4.78 is 5.29. The van der Waals surface area contributed by atoms with Crippen LogP contribution in [0.1, 0.15) is 52.9 Å². The molecule has 0 radical (unpaired) electrons. The van der Waals surface area contributed by atoms with E-state index in [1.165, 1.54) is 12.8 Å². The second-order valence-corrected chi connectivity index (χ2v) is 6.61. The van der Waals surface area contributed by atoms with Gasteiger partial charge in [-0.25, -0.2) is 4.79 Å². The Bertz CT molecular complexity index is 301. The van der Waals surface area contributed by atoms with E-state index < -0.39 is 5.60 Å². The largest absolute Gasteiger partial charge is 0.444 e. The molecule has 0 unspecified atom stereocenters. The van der Waals surface area contributed by atoms with Gasteiger partial charge in [-0.2, -0.15) is 0 Å². The Morgan fingerprint density at radius 1 is 1.31 bits per heavy atom. The van der Waals surface area contributed by atoms with E-state index in [4.69, 9.17) is 4.74 Å². The van der Waals surface area contributed by atoms with E-state index in [2.05, 4.69) is 11.1 Å². The highest BCUT2D eigenvalue weighted by atomic mass is 16.6. The minimum absolute atomic E-state index is 0.0116. The van der Waals surface area contributed by atoms with E-state index in [0.717, 1.165) is 19.3 Å². The first kappa shape index (κ1) is 11.7. The Kier molecular flexibility index (Phi) is 2.46. The summed E-state index contributed by atoms with van der Waals surface area (Å²) in [6.45, 7) is 5.66. The average Bonchev–Trinajstić information content (AvgIpc) is 1.95. The van der Waals surface area contributed by atoms with Gasteiger partial charge in [-0.05, 0) is 33.6 Å². The van der Waals surface area contributed by atoms with Gasteiger partial charge in [0, 0.05) is 19.3 Å². The van der Waals surface area contributed by atoms with Gasteiger partial charge >= 0.3 is 6.09 Å². The molecule has 0 aromatic rings. The number of nitrogens with one attached hydrogen (secondary N) is 1. The maximum Gasteiger partial charge on any atom is 0.408 e. The topological polar surface area (TPSA) is 66.0 Å². The lowest BCUT2D eigenvalue weighted by Gasteiger charge is -2.56. The van der Waals surface area contributed by atoms with Gasteiger partial charge in [0.05, 0.1) is 11.1 Å². The minimum atomic E-state index is -0.416. The predicted molar refractivity (Wildman–Crippen MR) is 60.8 cm³/mol. The van der Waals surface area contributed by atoms with Crippen LogP contribution < -0.4 is 11.1 Å². The average molecular weight is 227 g/mol. The fourth-order valence-electron chi connectivity index (χ4n) is 3.21. The van der Waals surface area contributed by atoms with Crippen LogP contribution >= 0.6 is 0 Å². The predicted octanol–water partition coefficient (Wildman–Crippen LogP) is 1.21. The fraction of sp³-hybridized carbons (Fsp3) is 0.917. The van der Waals surface area contributed by atoms with Crippen molar-refractivity contribution in [2.75, 3.05) is 0 Å². The van der Waals surface area contributed by atoms with Crippen molar-refractivity contribution in [3.63, 3.8) is 0 Å². The highest BCUT2D eigenvalue weighted by Gasteiger charge is 2.59. The van der Waals surface area contributed by atoms with Gasteiger partial charge in [-0.1, -0.05) is 0 Å². The molecule has 3 rings (SSSR count). The highest BCUT2D eigenvalue weighted by molar-refractivity contribution is 5.69. The number of quaternary nitrogens is 1. The van der Waals surface area contributed by atoms with Gasteiger partial charge in [0.1, 0.15) is 5.60 Å². The number of carbonyl (C=O) groups excluding carboxylic acids is 1. The SMILES string of the molecule is CC(C)(C)OC(=O)NC12CCCC([NH3+])(C1)C2. The molecule has 0 saturated heterocycles. The molecular formula is C12H23N2O2+. The highest BCUT2D eigenvalue weighted by Crippen LogP contribution is 2.49. The Hall–Kier alpha value is -0.770. The minimum Gasteiger partial charge on any atom is -0.444 e. The van der Waals surface area contributed by atoms with Crippen molar-refractivity contribution in [2.24, 2.45) is 0 Å². The van der Waals surface area contributed by atoms with Crippen molar-refractivity contribution in [3.8, 4) is 0 Å². The van der Waals surface area contributed by atoms with Crippen molar-refractivity contribution in [3.05, 3.63) is 0 Å². The molecule has 0 aromatic carbocycles. The molecule has 3 aliphatic carbocycles. The van der Waals surface area contributed by atoms with Crippen LogP contribution in [-0.4, -0.2) is 22.8 Å². The standard InChI is InChI=1S/C12H22N2O2/c1-10(2,3)16-9(15)14-12-6-4-5-11(13,7-12)8-12/h4-8,13H2,1-3H3,(H,14,15)/p+1. The third-order valence-electron chi connectivity index (χ3n) is 3.56.